The van der Waals surface area contributed by atoms with Crippen molar-refractivity contribution >= 4 is 0 Å². The SMILES string of the molecule is COc1ccc(C(CO)N(C)Cc2cc(-c3ccccc3)no2)cc1. The maximum atomic E-state index is 9.82. The van der Waals surface area contributed by atoms with Gasteiger partial charge in [-0.1, -0.05) is 47.6 Å². The number of aliphatic hydroxyl groups is 1. The van der Waals surface area contributed by atoms with E-state index in [1.54, 1.807) is 7.11 Å². The van der Waals surface area contributed by atoms with Crippen LogP contribution in [0.15, 0.2) is 65.2 Å². The third-order valence-corrected chi connectivity index (χ3v) is 4.24. The van der Waals surface area contributed by atoms with E-state index in [-0.39, 0.29) is 12.6 Å². The molecule has 1 aromatic heterocycles. The lowest BCUT2D eigenvalue weighted by Gasteiger charge is -2.25. The van der Waals surface area contributed by atoms with Gasteiger partial charge in [-0.25, -0.2) is 0 Å². The van der Waals surface area contributed by atoms with Gasteiger partial charge in [0.2, 0.25) is 0 Å². The minimum absolute atomic E-state index is 0.0164. The molecular formula is C20H22N2O3. The van der Waals surface area contributed by atoms with E-state index in [2.05, 4.69) is 5.16 Å². The van der Waals surface area contributed by atoms with Crippen LogP contribution in [0.5, 0.6) is 5.75 Å². The summed E-state index contributed by atoms with van der Waals surface area (Å²) in [5.41, 5.74) is 2.86. The van der Waals surface area contributed by atoms with Crippen molar-refractivity contribution in [3.8, 4) is 17.0 Å². The fraction of sp³-hybridized carbons (Fsp3) is 0.250. The van der Waals surface area contributed by atoms with Crippen LogP contribution in [0.1, 0.15) is 17.4 Å². The zero-order chi connectivity index (χ0) is 17.6. The van der Waals surface area contributed by atoms with Crippen molar-refractivity contribution in [3.63, 3.8) is 0 Å². The van der Waals surface area contributed by atoms with Crippen LogP contribution in [0.2, 0.25) is 0 Å². The number of benzene rings is 2. The van der Waals surface area contributed by atoms with Gasteiger partial charge in [0.25, 0.3) is 0 Å². The summed E-state index contributed by atoms with van der Waals surface area (Å²) in [7, 11) is 3.59. The van der Waals surface area contributed by atoms with E-state index in [4.69, 9.17) is 9.26 Å². The highest BCUT2D eigenvalue weighted by molar-refractivity contribution is 5.58. The highest BCUT2D eigenvalue weighted by Gasteiger charge is 2.18. The molecule has 0 radical (unpaired) electrons. The topological polar surface area (TPSA) is 58.7 Å². The second kappa shape index (κ2) is 7.96. The van der Waals surface area contributed by atoms with Crippen LogP contribution in [0, 0.1) is 0 Å². The van der Waals surface area contributed by atoms with E-state index in [9.17, 15) is 5.11 Å². The molecule has 3 rings (SSSR count). The van der Waals surface area contributed by atoms with Gasteiger partial charge >= 0.3 is 0 Å². The summed E-state index contributed by atoms with van der Waals surface area (Å²) in [6.45, 7) is 0.569. The van der Waals surface area contributed by atoms with Gasteiger partial charge in [0.05, 0.1) is 26.3 Å². The van der Waals surface area contributed by atoms with Gasteiger partial charge in [0.1, 0.15) is 11.4 Å². The first-order valence-corrected chi connectivity index (χ1v) is 8.17. The molecule has 0 saturated heterocycles. The minimum atomic E-state index is -0.129. The van der Waals surface area contributed by atoms with Gasteiger partial charge in [0, 0.05) is 11.6 Å². The molecule has 130 valence electrons. The zero-order valence-corrected chi connectivity index (χ0v) is 14.4. The molecule has 0 fully saturated rings. The van der Waals surface area contributed by atoms with Crippen LogP contribution in [-0.4, -0.2) is 35.9 Å². The molecule has 5 heteroatoms. The predicted molar refractivity (Wildman–Crippen MR) is 96.2 cm³/mol. The number of likely N-dealkylation sites (N-methyl/N-ethyl adjacent to an activating group) is 1. The van der Waals surface area contributed by atoms with Gasteiger partial charge < -0.3 is 14.4 Å². The Morgan fingerprint density at radius 1 is 1.12 bits per heavy atom. The largest absolute Gasteiger partial charge is 0.497 e. The van der Waals surface area contributed by atoms with Crippen LogP contribution >= 0.6 is 0 Å². The predicted octanol–water partition coefficient (Wildman–Crippen LogP) is 3.52. The molecule has 0 amide bonds. The maximum Gasteiger partial charge on any atom is 0.151 e. The normalized spacial score (nSPS) is 12.3. The number of hydrogen-bond acceptors (Lipinski definition) is 5. The molecule has 0 spiro atoms. The van der Waals surface area contributed by atoms with Crippen molar-refractivity contribution in [2.24, 2.45) is 0 Å². The summed E-state index contributed by atoms with van der Waals surface area (Å²) in [5, 5.41) is 14.0. The summed E-state index contributed by atoms with van der Waals surface area (Å²) >= 11 is 0. The van der Waals surface area contributed by atoms with Crippen LogP contribution in [0.3, 0.4) is 0 Å². The van der Waals surface area contributed by atoms with Crippen LogP contribution in [0.4, 0.5) is 0 Å². The number of rotatable bonds is 7. The summed E-state index contributed by atoms with van der Waals surface area (Å²) in [6, 6.07) is 19.4. The standard InChI is InChI=1S/C20H22N2O3/c1-22(20(14-23)16-8-10-17(24-2)11-9-16)13-18-12-19(21-25-18)15-6-4-3-5-7-15/h3-12,20,23H,13-14H2,1-2H3. The van der Waals surface area contributed by atoms with Gasteiger partial charge in [-0.2, -0.15) is 0 Å². The minimum Gasteiger partial charge on any atom is -0.497 e. The Balaban J connectivity index is 1.71. The second-order valence-electron chi connectivity index (χ2n) is 5.93. The highest BCUT2D eigenvalue weighted by Crippen LogP contribution is 2.25. The van der Waals surface area contributed by atoms with Gasteiger partial charge in [-0.15, -0.1) is 0 Å². The van der Waals surface area contributed by atoms with Crippen molar-refractivity contribution < 1.29 is 14.4 Å². The van der Waals surface area contributed by atoms with Crippen LogP contribution in [-0.2, 0) is 6.54 Å². The Kier molecular flexibility index (Phi) is 5.48. The number of aromatic nitrogens is 1. The van der Waals surface area contributed by atoms with Crippen LogP contribution in [0.25, 0.3) is 11.3 Å². The third-order valence-electron chi connectivity index (χ3n) is 4.24. The molecule has 0 aliphatic carbocycles. The fourth-order valence-electron chi connectivity index (χ4n) is 2.81. The molecule has 0 bridgehead atoms. The van der Waals surface area contributed by atoms with E-state index >= 15 is 0 Å². The number of aliphatic hydroxyl groups excluding tert-OH is 1. The molecule has 3 aromatic rings. The van der Waals surface area contributed by atoms with E-state index in [0.29, 0.717) is 6.54 Å². The maximum absolute atomic E-state index is 9.82. The molecular weight excluding hydrogens is 316 g/mol. The lowest BCUT2D eigenvalue weighted by atomic mass is 10.1. The lowest BCUT2D eigenvalue weighted by molar-refractivity contribution is 0.132. The molecule has 1 atom stereocenters. The first-order chi connectivity index (χ1) is 12.2. The quantitative estimate of drug-likeness (QED) is 0.714. The summed E-state index contributed by atoms with van der Waals surface area (Å²) in [4.78, 5) is 2.04. The molecule has 0 aliphatic rings. The van der Waals surface area contributed by atoms with E-state index in [0.717, 1.165) is 28.3 Å². The molecule has 1 N–H and O–H groups in total. The highest BCUT2D eigenvalue weighted by atomic mass is 16.5. The number of methoxy groups -OCH3 is 1. The van der Waals surface area contributed by atoms with Crippen molar-refractivity contribution in [1.82, 2.24) is 10.1 Å². The Labute approximate surface area is 147 Å². The first kappa shape index (κ1) is 17.2. The average Bonchev–Trinajstić information content (AvgIpc) is 3.12. The molecule has 2 aromatic carbocycles. The van der Waals surface area contributed by atoms with E-state index in [1.807, 2.05) is 72.6 Å². The van der Waals surface area contributed by atoms with E-state index in [1.165, 1.54) is 0 Å². The lowest BCUT2D eigenvalue weighted by Crippen LogP contribution is -2.26. The number of nitrogens with zero attached hydrogens (tertiary/aromatic N) is 2. The Hall–Kier alpha value is -2.63. The van der Waals surface area contributed by atoms with Gasteiger partial charge in [-0.3, -0.25) is 4.90 Å². The van der Waals surface area contributed by atoms with Crippen molar-refractivity contribution in [1.29, 1.82) is 0 Å². The Bertz CT molecular complexity index is 784. The smallest absolute Gasteiger partial charge is 0.151 e. The van der Waals surface area contributed by atoms with Crippen LogP contribution < -0.4 is 4.74 Å². The molecule has 1 unspecified atom stereocenters. The fourth-order valence-corrected chi connectivity index (χ4v) is 2.81. The average molecular weight is 338 g/mol. The summed E-state index contributed by atoms with van der Waals surface area (Å²) in [5.74, 6) is 1.55. The molecule has 0 saturated carbocycles. The Morgan fingerprint density at radius 3 is 2.48 bits per heavy atom. The number of ether oxygens (including phenoxy) is 1. The third kappa shape index (κ3) is 4.07. The number of hydrogen-bond donors (Lipinski definition) is 1. The molecule has 0 aliphatic heterocycles. The van der Waals surface area contributed by atoms with Crippen molar-refractivity contribution in [3.05, 3.63) is 72.0 Å². The molecule has 5 nitrogen and oxygen atoms in total. The molecule has 25 heavy (non-hydrogen) atoms. The van der Waals surface area contributed by atoms with Gasteiger partial charge in [0.15, 0.2) is 5.76 Å². The molecule has 1 heterocycles. The summed E-state index contributed by atoms with van der Waals surface area (Å²) < 4.78 is 10.6. The Morgan fingerprint density at radius 2 is 1.84 bits per heavy atom. The zero-order valence-electron chi connectivity index (χ0n) is 14.4. The first-order valence-electron chi connectivity index (χ1n) is 8.17. The summed E-state index contributed by atoms with van der Waals surface area (Å²) in [6.07, 6.45) is 0. The van der Waals surface area contributed by atoms with Crippen molar-refractivity contribution in [2.75, 3.05) is 20.8 Å². The van der Waals surface area contributed by atoms with E-state index < -0.39 is 0 Å². The monoisotopic (exact) mass is 338 g/mol. The van der Waals surface area contributed by atoms with Gasteiger partial charge in [-0.05, 0) is 24.7 Å². The van der Waals surface area contributed by atoms with Crippen molar-refractivity contribution in [2.45, 2.75) is 12.6 Å². The second-order valence-corrected chi connectivity index (χ2v) is 5.93.